The van der Waals surface area contributed by atoms with E-state index in [0.717, 1.165) is 17.7 Å². The maximum Gasteiger partial charge on any atom is 0.348 e. The molecule has 2 N–H and O–H groups in total. The molecule has 0 spiro atoms. The van der Waals surface area contributed by atoms with Crippen LogP contribution in [-0.4, -0.2) is 19.9 Å². The third kappa shape index (κ3) is 2.46. The Morgan fingerprint density at radius 3 is 2.55 bits per heavy atom. The molecule has 1 aromatic heterocycles. The highest BCUT2D eigenvalue weighted by Gasteiger charge is 2.21. The van der Waals surface area contributed by atoms with Crippen LogP contribution in [-0.2, 0) is 6.42 Å². The molecule has 0 aliphatic rings. The third-order valence-electron chi connectivity index (χ3n) is 3.67. The Morgan fingerprint density at radius 2 is 1.82 bits per heavy atom. The molecule has 1 atom stereocenters. The molecule has 5 nitrogen and oxygen atoms in total. The first kappa shape index (κ1) is 14.3. The number of rotatable bonds is 4. The van der Waals surface area contributed by atoms with Crippen molar-refractivity contribution in [2.45, 2.75) is 19.4 Å². The molecule has 0 aliphatic carbocycles. The summed E-state index contributed by atoms with van der Waals surface area (Å²) in [5.41, 5.74) is 2.10. The first-order valence-electron chi connectivity index (χ1n) is 7.21. The second-order valence-electron chi connectivity index (χ2n) is 5.02. The van der Waals surface area contributed by atoms with Crippen molar-refractivity contribution in [3.63, 3.8) is 0 Å². The van der Waals surface area contributed by atoms with Crippen LogP contribution >= 0.6 is 0 Å². The molecule has 5 heteroatoms. The number of aromatic amines is 1. The van der Waals surface area contributed by atoms with Gasteiger partial charge in [0.15, 0.2) is 5.82 Å². The van der Waals surface area contributed by atoms with E-state index in [-0.39, 0.29) is 11.5 Å². The van der Waals surface area contributed by atoms with Gasteiger partial charge in [-0.1, -0.05) is 55.5 Å². The van der Waals surface area contributed by atoms with Gasteiger partial charge in [-0.2, -0.15) is 5.10 Å². The summed E-state index contributed by atoms with van der Waals surface area (Å²) in [7, 11) is 0. The Bertz CT molecular complexity index is 821. The molecule has 0 saturated carbocycles. The molecule has 3 aromatic rings. The molecular formula is C17H17N3O2. The summed E-state index contributed by atoms with van der Waals surface area (Å²) in [5.74, 6) is 0.289. The molecule has 0 fully saturated rings. The van der Waals surface area contributed by atoms with E-state index >= 15 is 0 Å². The molecule has 22 heavy (non-hydrogen) atoms. The summed E-state index contributed by atoms with van der Waals surface area (Å²) < 4.78 is 1.44. The zero-order valence-electron chi connectivity index (χ0n) is 12.2. The minimum absolute atomic E-state index is 0.289. The van der Waals surface area contributed by atoms with E-state index < -0.39 is 6.10 Å². The predicted octanol–water partition coefficient (Wildman–Crippen LogP) is 2.20. The lowest BCUT2D eigenvalue weighted by Crippen LogP contribution is -2.20. The van der Waals surface area contributed by atoms with Crippen molar-refractivity contribution in [1.29, 1.82) is 0 Å². The Hall–Kier alpha value is -2.66. The van der Waals surface area contributed by atoms with Gasteiger partial charge < -0.3 is 5.11 Å². The summed E-state index contributed by atoms with van der Waals surface area (Å²) >= 11 is 0. The number of benzene rings is 2. The number of hydrogen-bond acceptors (Lipinski definition) is 3. The normalized spacial score (nSPS) is 12.3. The van der Waals surface area contributed by atoms with Crippen molar-refractivity contribution in [3.8, 4) is 5.69 Å². The summed E-state index contributed by atoms with van der Waals surface area (Å²) in [6.07, 6.45) is -0.181. The summed E-state index contributed by atoms with van der Waals surface area (Å²) in [5, 5.41) is 17.0. The predicted molar refractivity (Wildman–Crippen MR) is 84.1 cm³/mol. The van der Waals surface area contributed by atoms with Crippen LogP contribution in [0.3, 0.4) is 0 Å². The van der Waals surface area contributed by atoms with E-state index in [4.69, 9.17) is 0 Å². The van der Waals surface area contributed by atoms with Crippen LogP contribution in [0.2, 0.25) is 0 Å². The van der Waals surface area contributed by atoms with Gasteiger partial charge in [-0.15, -0.1) is 0 Å². The van der Waals surface area contributed by atoms with Crippen LogP contribution in [0.25, 0.3) is 5.69 Å². The zero-order valence-corrected chi connectivity index (χ0v) is 12.2. The topological polar surface area (TPSA) is 70.9 Å². The highest BCUT2D eigenvalue weighted by molar-refractivity contribution is 5.42. The first-order chi connectivity index (χ1) is 10.7. The summed E-state index contributed by atoms with van der Waals surface area (Å²) in [6, 6.07) is 16.8. The molecule has 0 saturated heterocycles. The highest BCUT2D eigenvalue weighted by atomic mass is 16.3. The van der Waals surface area contributed by atoms with Crippen LogP contribution in [0.15, 0.2) is 59.4 Å². The fraction of sp³-hybridized carbons (Fsp3) is 0.176. The van der Waals surface area contributed by atoms with Gasteiger partial charge in [0.05, 0.1) is 5.69 Å². The van der Waals surface area contributed by atoms with Crippen molar-refractivity contribution in [2.24, 2.45) is 0 Å². The lowest BCUT2D eigenvalue weighted by Gasteiger charge is -2.14. The van der Waals surface area contributed by atoms with Gasteiger partial charge in [-0.3, -0.25) is 0 Å². The first-order valence-corrected chi connectivity index (χ1v) is 7.21. The molecule has 1 heterocycles. The van der Waals surface area contributed by atoms with Crippen LogP contribution in [0, 0.1) is 0 Å². The number of hydrogen-bond donors (Lipinski definition) is 2. The highest BCUT2D eigenvalue weighted by Crippen LogP contribution is 2.22. The minimum Gasteiger partial charge on any atom is -0.380 e. The number of aliphatic hydroxyl groups excluding tert-OH is 1. The largest absolute Gasteiger partial charge is 0.380 e. The number of nitrogens with zero attached hydrogens (tertiary/aromatic N) is 2. The molecule has 0 bridgehead atoms. The van der Waals surface area contributed by atoms with Gasteiger partial charge in [0.1, 0.15) is 6.10 Å². The summed E-state index contributed by atoms with van der Waals surface area (Å²) in [6.45, 7) is 2.03. The van der Waals surface area contributed by atoms with Gasteiger partial charge in [-0.05, 0) is 23.6 Å². The lowest BCUT2D eigenvalue weighted by atomic mass is 10.1. The zero-order chi connectivity index (χ0) is 15.5. The Kier molecular flexibility index (Phi) is 3.89. The second-order valence-corrected chi connectivity index (χ2v) is 5.02. The van der Waals surface area contributed by atoms with Gasteiger partial charge >= 0.3 is 5.69 Å². The van der Waals surface area contributed by atoms with E-state index in [2.05, 4.69) is 10.2 Å². The van der Waals surface area contributed by atoms with E-state index in [1.54, 1.807) is 12.1 Å². The molecular weight excluding hydrogens is 278 g/mol. The third-order valence-corrected chi connectivity index (χ3v) is 3.67. The number of nitrogens with one attached hydrogen (secondary N) is 1. The van der Waals surface area contributed by atoms with Gasteiger partial charge in [0, 0.05) is 0 Å². The van der Waals surface area contributed by atoms with Crippen LogP contribution in [0.4, 0.5) is 0 Å². The Balaban J connectivity index is 2.15. The van der Waals surface area contributed by atoms with Crippen LogP contribution in [0.5, 0.6) is 0 Å². The van der Waals surface area contributed by atoms with E-state index in [1.165, 1.54) is 4.57 Å². The van der Waals surface area contributed by atoms with Crippen LogP contribution in [0.1, 0.15) is 30.0 Å². The standard InChI is InChI=1S/C17H17N3O2/c1-2-12-8-6-7-11-14(12)20-16(18-19-17(20)22)15(21)13-9-4-3-5-10-13/h3-11,15,21H,2H2,1H3,(H,19,22)/t15-/m1/s1. The van der Waals surface area contributed by atoms with Crippen molar-refractivity contribution >= 4 is 0 Å². The van der Waals surface area contributed by atoms with Gasteiger partial charge in [-0.25, -0.2) is 14.5 Å². The monoisotopic (exact) mass is 295 g/mol. The van der Waals surface area contributed by atoms with Crippen molar-refractivity contribution < 1.29 is 5.11 Å². The SMILES string of the molecule is CCc1ccccc1-n1c([C@H](O)c2ccccc2)n[nH]c1=O. The average Bonchev–Trinajstić information content (AvgIpc) is 2.96. The Morgan fingerprint density at radius 1 is 1.14 bits per heavy atom. The van der Waals surface area contributed by atoms with E-state index in [0.29, 0.717) is 5.56 Å². The number of aryl methyl sites for hydroxylation is 1. The summed E-state index contributed by atoms with van der Waals surface area (Å²) in [4.78, 5) is 12.2. The van der Waals surface area contributed by atoms with Crippen molar-refractivity contribution in [3.05, 3.63) is 82.0 Å². The van der Waals surface area contributed by atoms with Crippen LogP contribution < -0.4 is 5.69 Å². The number of para-hydroxylation sites is 1. The molecule has 2 aromatic carbocycles. The number of aliphatic hydroxyl groups is 1. The lowest BCUT2D eigenvalue weighted by molar-refractivity contribution is 0.207. The molecule has 3 rings (SSSR count). The fourth-order valence-electron chi connectivity index (χ4n) is 2.54. The second kappa shape index (κ2) is 5.99. The van der Waals surface area contributed by atoms with Crippen molar-refractivity contribution in [1.82, 2.24) is 14.8 Å². The van der Waals surface area contributed by atoms with Gasteiger partial charge in [0.2, 0.25) is 0 Å². The minimum atomic E-state index is -0.968. The molecule has 0 radical (unpaired) electrons. The number of H-pyrrole nitrogens is 1. The van der Waals surface area contributed by atoms with E-state index in [9.17, 15) is 9.90 Å². The van der Waals surface area contributed by atoms with Crippen molar-refractivity contribution in [2.75, 3.05) is 0 Å². The smallest absolute Gasteiger partial charge is 0.348 e. The average molecular weight is 295 g/mol. The molecule has 112 valence electrons. The fourth-order valence-corrected chi connectivity index (χ4v) is 2.54. The molecule has 0 unspecified atom stereocenters. The quantitative estimate of drug-likeness (QED) is 0.775. The number of aromatic nitrogens is 3. The maximum atomic E-state index is 12.2. The maximum absolute atomic E-state index is 12.2. The van der Waals surface area contributed by atoms with Gasteiger partial charge in [0.25, 0.3) is 0 Å². The Labute approximate surface area is 127 Å². The molecule has 0 aliphatic heterocycles. The molecule has 0 amide bonds. The van der Waals surface area contributed by atoms with E-state index in [1.807, 2.05) is 49.4 Å².